The molecule has 2 aromatic carbocycles. The standard InChI is InChI=1S/C20H21BrClN3O4S/c1-13(19-23-18-9-6-15(22)12-17(18)20(26)24(19)2)25(10-11-29-3)30(27,28)16-7-4-14(21)5-8-16/h4-9,12-13H,10-11H2,1-3H3. The highest BCUT2D eigenvalue weighted by Crippen LogP contribution is 2.27. The molecule has 3 aromatic rings. The molecule has 0 saturated heterocycles. The Labute approximate surface area is 188 Å². The van der Waals surface area contributed by atoms with Crippen LogP contribution in [0.5, 0.6) is 0 Å². The van der Waals surface area contributed by atoms with Crippen molar-refractivity contribution < 1.29 is 13.2 Å². The average Bonchev–Trinajstić information content (AvgIpc) is 2.71. The van der Waals surface area contributed by atoms with Crippen molar-refractivity contribution in [3.8, 4) is 0 Å². The summed E-state index contributed by atoms with van der Waals surface area (Å²) >= 11 is 9.33. The van der Waals surface area contributed by atoms with Crippen LogP contribution in [0.4, 0.5) is 0 Å². The number of ether oxygens (including phenoxy) is 1. The molecule has 0 aliphatic rings. The molecule has 1 heterocycles. The predicted molar refractivity (Wildman–Crippen MR) is 120 cm³/mol. The van der Waals surface area contributed by atoms with Gasteiger partial charge in [0.2, 0.25) is 10.0 Å². The Balaban J connectivity index is 2.13. The van der Waals surface area contributed by atoms with E-state index in [2.05, 4.69) is 20.9 Å². The van der Waals surface area contributed by atoms with Crippen LogP contribution < -0.4 is 5.56 Å². The van der Waals surface area contributed by atoms with Crippen LogP contribution >= 0.6 is 27.5 Å². The first kappa shape index (κ1) is 22.9. The van der Waals surface area contributed by atoms with E-state index < -0.39 is 16.1 Å². The molecule has 3 rings (SSSR count). The van der Waals surface area contributed by atoms with E-state index >= 15 is 0 Å². The molecule has 0 fully saturated rings. The molecular weight excluding hydrogens is 494 g/mol. The monoisotopic (exact) mass is 513 g/mol. The van der Waals surface area contributed by atoms with Crippen molar-refractivity contribution in [2.75, 3.05) is 20.3 Å². The van der Waals surface area contributed by atoms with Crippen LogP contribution in [0.3, 0.4) is 0 Å². The minimum Gasteiger partial charge on any atom is -0.383 e. The summed E-state index contributed by atoms with van der Waals surface area (Å²) in [5, 5.41) is 0.807. The number of fused-ring (bicyclic) bond motifs is 1. The number of hydrogen-bond donors (Lipinski definition) is 0. The summed E-state index contributed by atoms with van der Waals surface area (Å²) < 4.78 is 35.3. The summed E-state index contributed by atoms with van der Waals surface area (Å²) in [5.74, 6) is 0.326. The molecule has 0 amide bonds. The summed E-state index contributed by atoms with van der Waals surface area (Å²) in [4.78, 5) is 17.6. The second-order valence-electron chi connectivity index (χ2n) is 6.73. The Morgan fingerprint density at radius 1 is 1.23 bits per heavy atom. The van der Waals surface area contributed by atoms with Crippen molar-refractivity contribution in [2.24, 2.45) is 7.05 Å². The number of rotatable bonds is 7. The zero-order chi connectivity index (χ0) is 22.1. The van der Waals surface area contributed by atoms with Gasteiger partial charge in [0.1, 0.15) is 5.82 Å². The van der Waals surface area contributed by atoms with E-state index in [9.17, 15) is 13.2 Å². The number of sulfonamides is 1. The van der Waals surface area contributed by atoms with E-state index in [1.165, 1.54) is 28.1 Å². The van der Waals surface area contributed by atoms with Crippen molar-refractivity contribution >= 4 is 48.5 Å². The Morgan fingerprint density at radius 3 is 2.53 bits per heavy atom. The van der Waals surface area contributed by atoms with Gasteiger partial charge in [-0.15, -0.1) is 0 Å². The number of methoxy groups -OCH3 is 1. The molecule has 160 valence electrons. The van der Waals surface area contributed by atoms with Crippen LogP contribution in [0.15, 0.2) is 56.6 Å². The minimum atomic E-state index is -3.87. The summed E-state index contributed by atoms with van der Waals surface area (Å²) in [6, 6.07) is 10.5. The lowest BCUT2D eigenvalue weighted by molar-refractivity contribution is 0.166. The molecule has 1 atom stereocenters. The number of nitrogens with zero attached hydrogens (tertiary/aromatic N) is 3. The Bertz CT molecular complexity index is 1230. The summed E-state index contributed by atoms with van der Waals surface area (Å²) in [6.07, 6.45) is 0. The maximum absolute atomic E-state index is 13.4. The maximum Gasteiger partial charge on any atom is 0.261 e. The molecular formula is C20H21BrClN3O4S. The summed E-state index contributed by atoms with van der Waals surface area (Å²) in [5.41, 5.74) is 0.161. The van der Waals surface area contributed by atoms with Gasteiger partial charge in [-0.25, -0.2) is 13.4 Å². The zero-order valence-electron chi connectivity index (χ0n) is 16.7. The van der Waals surface area contributed by atoms with Gasteiger partial charge in [0.25, 0.3) is 5.56 Å². The third-order valence-corrected chi connectivity index (χ3v) is 7.56. The van der Waals surface area contributed by atoms with Crippen LogP contribution in [-0.2, 0) is 21.8 Å². The van der Waals surface area contributed by atoms with Crippen LogP contribution in [0.2, 0.25) is 5.02 Å². The molecule has 1 aromatic heterocycles. The predicted octanol–water partition coefficient (Wildman–Crippen LogP) is 3.75. The second-order valence-corrected chi connectivity index (χ2v) is 9.98. The van der Waals surface area contributed by atoms with Gasteiger partial charge in [0, 0.05) is 30.2 Å². The third kappa shape index (κ3) is 4.45. The van der Waals surface area contributed by atoms with Crippen molar-refractivity contribution in [1.29, 1.82) is 0 Å². The minimum absolute atomic E-state index is 0.102. The fourth-order valence-corrected chi connectivity index (χ4v) is 5.22. The summed E-state index contributed by atoms with van der Waals surface area (Å²) in [6.45, 7) is 2.00. The molecule has 0 aliphatic heterocycles. The topological polar surface area (TPSA) is 81.5 Å². The highest BCUT2D eigenvalue weighted by Gasteiger charge is 2.32. The largest absolute Gasteiger partial charge is 0.383 e. The molecule has 0 N–H and O–H groups in total. The second kappa shape index (κ2) is 9.15. The van der Waals surface area contributed by atoms with Crippen LogP contribution in [0.25, 0.3) is 10.9 Å². The van der Waals surface area contributed by atoms with Gasteiger partial charge < -0.3 is 4.74 Å². The van der Waals surface area contributed by atoms with E-state index in [0.717, 1.165) is 4.47 Å². The Hall–Kier alpha value is -1.78. The SMILES string of the molecule is COCCN(C(C)c1nc2ccc(Cl)cc2c(=O)n1C)S(=O)(=O)c1ccc(Br)cc1. The number of hydrogen-bond acceptors (Lipinski definition) is 5. The van der Waals surface area contributed by atoms with E-state index in [1.54, 1.807) is 44.3 Å². The summed E-state index contributed by atoms with van der Waals surface area (Å²) in [7, 11) is -0.797. The number of aromatic nitrogens is 2. The molecule has 10 heteroatoms. The van der Waals surface area contributed by atoms with Gasteiger partial charge in [-0.2, -0.15) is 4.31 Å². The molecule has 0 aliphatic carbocycles. The normalized spacial score (nSPS) is 13.1. The molecule has 7 nitrogen and oxygen atoms in total. The van der Waals surface area contributed by atoms with E-state index in [1.807, 2.05) is 0 Å². The fraction of sp³-hybridized carbons (Fsp3) is 0.300. The van der Waals surface area contributed by atoms with Crippen LogP contribution in [0.1, 0.15) is 18.8 Å². The lowest BCUT2D eigenvalue weighted by Gasteiger charge is -2.29. The Kier molecular flexibility index (Phi) is 6.98. The smallest absolute Gasteiger partial charge is 0.261 e. The first-order valence-electron chi connectivity index (χ1n) is 9.09. The van der Waals surface area contributed by atoms with Crippen molar-refractivity contribution in [2.45, 2.75) is 17.9 Å². The molecule has 0 spiro atoms. The highest BCUT2D eigenvalue weighted by atomic mass is 79.9. The molecule has 0 radical (unpaired) electrons. The first-order chi connectivity index (χ1) is 14.2. The fourth-order valence-electron chi connectivity index (χ4n) is 3.21. The average molecular weight is 515 g/mol. The van der Waals surface area contributed by atoms with Gasteiger partial charge in [0.05, 0.1) is 28.4 Å². The molecule has 0 bridgehead atoms. The van der Waals surface area contributed by atoms with E-state index in [4.69, 9.17) is 16.3 Å². The zero-order valence-corrected chi connectivity index (χ0v) is 19.8. The van der Waals surface area contributed by atoms with Gasteiger partial charge >= 0.3 is 0 Å². The van der Waals surface area contributed by atoms with Crippen LogP contribution in [-0.4, -0.2) is 42.5 Å². The van der Waals surface area contributed by atoms with Crippen molar-refractivity contribution in [3.63, 3.8) is 0 Å². The van der Waals surface area contributed by atoms with E-state index in [-0.39, 0.29) is 23.6 Å². The molecule has 30 heavy (non-hydrogen) atoms. The third-order valence-electron chi connectivity index (χ3n) is 4.81. The molecule has 1 unspecified atom stereocenters. The molecule has 0 saturated carbocycles. The van der Waals surface area contributed by atoms with Gasteiger partial charge in [-0.05, 0) is 49.4 Å². The maximum atomic E-state index is 13.4. The quantitative estimate of drug-likeness (QED) is 0.480. The Morgan fingerprint density at radius 2 is 1.90 bits per heavy atom. The number of benzene rings is 2. The number of halogens is 2. The van der Waals surface area contributed by atoms with Gasteiger partial charge in [0.15, 0.2) is 0 Å². The lowest BCUT2D eigenvalue weighted by atomic mass is 10.2. The van der Waals surface area contributed by atoms with Crippen LogP contribution in [0, 0.1) is 0 Å². The van der Waals surface area contributed by atoms with Crippen molar-refractivity contribution in [1.82, 2.24) is 13.9 Å². The van der Waals surface area contributed by atoms with Gasteiger partial charge in [-0.1, -0.05) is 27.5 Å². The van der Waals surface area contributed by atoms with Gasteiger partial charge in [-0.3, -0.25) is 9.36 Å². The van der Waals surface area contributed by atoms with Crippen molar-refractivity contribution in [3.05, 3.63) is 68.1 Å². The first-order valence-corrected chi connectivity index (χ1v) is 11.7. The lowest BCUT2D eigenvalue weighted by Crippen LogP contribution is -2.39. The van der Waals surface area contributed by atoms with E-state index in [0.29, 0.717) is 21.7 Å². The highest BCUT2D eigenvalue weighted by molar-refractivity contribution is 9.10.